The highest BCUT2D eigenvalue weighted by molar-refractivity contribution is 6.03. The van der Waals surface area contributed by atoms with Gasteiger partial charge in [0.25, 0.3) is 0 Å². The Bertz CT molecular complexity index is 610. The van der Waals surface area contributed by atoms with E-state index in [9.17, 15) is 0 Å². The molecule has 0 atom stereocenters. The zero-order chi connectivity index (χ0) is 17.7. The summed E-state index contributed by atoms with van der Waals surface area (Å²) in [5.41, 5.74) is 13.2. The highest BCUT2D eigenvalue weighted by Crippen LogP contribution is 2.24. The topological polar surface area (TPSA) is 50.4 Å². The molecule has 0 aromatic heterocycles. The molecule has 0 aliphatic rings. The van der Waals surface area contributed by atoms with Gasteiger partial charge in [0.15, 0.2) is 5.84 Å². The lowest BCUT2D eigenvalue weighted by Gasteiger charge is -2.09. The number of nitrogens with one attached hydrogen (secondary N) is 1. The fourth-order valence-corrected chi connectivity index (χ4v) is 2.06. The molecule has 2 aromatic carbocycles. The monoisotopic (exact) mass is 309 g/mol. The van der Waals surface area contributed by atoms with Crippen molar-refractivity contribution < 1.29 is 0 Å². The molecule has 23 heavy (non-hydrogen) atoms. The minimum absolute atomic E-state index is 0.498. The van der Waals surface area contributed by atoms with Crippen LogP contribution < -0.4 is 11.2 Å². The number of rotatable bonds is 4. The number of hydrazone groups is 1. The van der Waals surface area contributed by atoms with Crippen LogP contribution in [0, 0.1) is 12.8 Å². The fraction of sp³-hybridized carbons (Fsp3) is 0.250. The molecular formula is C20H27N3. The minimum Gasteiger partial charge on any atom is -0.382 e. The Kier molecular flexibility index (Phi) is 10.5. The van der Waals surface area contributed by atoms with Gasteiger partial charge in [-0.05, 0) is 23.1 Å². The van der Waals surface area contributed by atoms with Crippen LogP contribution in [0.3, 0.4) is 0 Å². The van der Waals surface area contributed by atoms with Crippen molar-refractivity contribution in [2.75, 3.05) is 7.05 Å². The van der Waals surface area contributed by atoms with Crippen LogP contribution in [-0.4, -0.2) is 12.9 Å². The van der Waals surface area contributed by atoms with Crippen molar-refractivity contribution in [2.24, 2.45) is 10.8 Å². The SMILES string of the molecule is C#C.CC.CCc1ccc(-c2ccccc2/C(N)=N/NC)cc1. The van der Waals surface area contributed by atoms with Crippen LogP contribution in [0.4, 0.5) is 0 Å². The van der Waals surface area contributed by atoms with Gasteiger partial charge in [-0.3, -0.25) is 0 Å². The summed E-state index contributed by atoms with van der Waals surface area (Å²) in [6.07, 6.45) is 9.05. The third-order valence-corrected chi connectivity index (χ3v) is 3.11. The molecule has 0 spiro atoms. The molecule has 0 amide bonds. The molecule has 0 aliphatic carbocycles. The number of benzene rings is 2. The summed E-state index contributed by atoms with van der Waals surface area (Å²) in [6, 6.07) is 16.6. The Morgan fingerprint density at radius 3 is 2.13 bits per heavy atom. The molecule has 3 heteroatoms. The van der Waals surface area contributed by atoms with E-state index in [0.717, 1.165) is 23.1 Å². The molecule has 0 aliphatic heterocycles. The van der Waals surface area contributed by atoms with E-state index in [4.69, 9.17) is 5.73 Å². The second-order valence-electron chi connectivity index (χ2n) is 4.32. The van der Waals surface area contributed by atoms with Gasteiger partial charge >= 0.3 is 0 Å². The molecule has 0 saturated heterocycles. The Balaban J connectivity index is 0.00000112. The van der Waals surface area contributed by atoms with Crippen molar-refractivity contribution in [2.45, 2.75) is 27.2 Å². The van der Waals surface area contributed by atoms with E-state index >= 15 is 0 Å². The number of nitrogens with two attached hydrogens (primary N) is 1. The highest BCUT2D eigenvalue weighted by atomic mass is 15.3. The van der Waals surface area contributed by atoms with Crippen LogP contribution in [0.15, 0.2) is 53.6 Å². The summed E-state index contributed by atoms with van der Waals surface area (Å²) in [5, 5.41) is 4.06. The summed E-state index contributed by atoms with van der Waals surface area (Å²) < 4.78 is 0. The van der Waals surface area contributed by atoms with E-state index in [1.807, 2.05) is 32.0 Å². The van der Waals surface area contributed by atoms with Crippen molar-refractivity contribution in [3.8, 4) is 24.0 Å². The Morgan fingerprint density at radius 2 is 1.61 bits per heavy atom. The van der Waals surface area contributed by atoms with Crippen LogP contribution in [0.1, 0.15) is 31.9 Å². The first kappa shape index (κ1) is 20.3. The van der Waals surface area contributed by atoms with E-state index in [0.29, 0.717) is 5.84 Å². The number of amidine groups is 1. The van der Waals surface area contributed by atoms with Crippen molar-refractivity contribution in [1.82, 2.24) is 5.43 Å². The predicted molar refractivity (Wildman–Crippen MR) is 102 cm³/mol. The van der Waals surface area contributed by atoms with E-state index in [1.165, 1.54) is 5.56 Å². The van der Waals surface area contributed by atoms with Crippen molar-refractivity contribution in [3.05, 3.63) is 59.7 Å². The molecule has 3 nitrogen and oxygen atoms in total. The molecule has 0 heterocycles. The summed E-state index contributed by atoms with van der Waals surface area (Å²) in [6.45, 7) is 6.15. The number of nitrogens with zero attached hydrogens (tertiary/aromatic N) is 1. The van der Waals surface area contributed by atoms with Crippen LogP contribution in [0.25, 0.3) is 11.1 Å². The largest absolute Gasteiger partial charge is 0.382 e. The molecule has 3 N–H and O–H groups in total. The van der Waals surface area contributed by atoms with Crippen molar-refractivity contribution in [3.63, 3.8) is 0 Å². The van der Waals surface area contributed by atoms with Gasteiger partial charge in [-0.2, -0.15) is 5.10 Å². The van der Waals surface area contributed by atoms with Crippen LogP contribution in [0.5, 0.6) is 0 Å². The zero-order valence-corrected chi connectivity index (χ0v) is 14.5. The lowest BCUT2D eigenvalue weighted by molar-refractivity contribution is 0.898. The summed E-state index contributed by atoms with van der Waals surface area (Å²) in [7, 11) is 1.74. The molecule has 0 radical (unpaired) electrons. The minimum atomic E-state index is 0.498. The van der Waals surface area contributed by atoms with Gasteiger partial charge in [0.2, 0.25) is 0 Å². The summed E-state index contributed by atoms with van der Waals surface area (Å²) in [4.78, 5) is 0. The van der Waals surface area contributed by atoms with Crippen LogP contribution >= 0.6 is 0 Å². The first-order chi connectivity index (χ1) is 11.3. The normalized spacial score (nSPS) is 9.74. The van der Waals surface area contributed by atoms with Crippen LogP contribution in [0.2, 0.25) is 0 Å². The maximum atomic E-state index is 5.99. The van der Waals surface area contributed by atoms with Gasteiger partial charge in [0.05, 0.1) is 0 Å². The van der Waals surface area contributed by atoms with Gasteiger partial charge in [0.1, 0.15) is 0 Å². The van der Waals surface area contributed by atoms with Gasteiger partial charge in [0, 0.05) is 12.6 Å². The second kappa shape index (κ2) is 11.9. The first-order valence-corrected chi connectivity index (χ1v) is 7.78. The molecule has 0 bridgehead atoms. The van der Waals surface area contributed by atoms with Gasteiger partial charge in [-0.25, -0.2) is 0 Å². The van der Waals surface area contributed by atoms with Crippen LogP contribution in [-0.2, 0) is 6.42 Å². The maximum absolute atomic E-state index is 5.99. The molecule has 2 aromatic rings. The van der Waals surface area contributed by atoms with E-state index in [-0.39, 0.29) is 0 Å². The smallest absolute Gasteiger partial charge is 0.151 e. The predicted octanol–water partition coefficient (Wildman–Crippen LogP) is 4.03. The molecule has 122 valence electrons. The summed E-state index contributed by atoms with van der Waals surface area (Å²) >= 11 is 0. The van der Waals surface area contributed by atoms with Gasteiger partial charge in [-0.15, -0.1) is 12.8 Å². The molecule has 0 fully saturated rings. The van der Waals surface area contributed by atoms with E-state index in [1.54, 1.807) is 7.05 Å². The third-order valence-electron chi connectivity index (χ3n) is 3.11. The fourth-order valence-electron chi connectivity index (χ4n) is 2.06. The average molecular weight is 309 g/mol. The highest BCUT2D eigenvalue weighted by Gasteiger charge is 2.07. The maximum Gasteiger partial charge on any atom is 0.151 e. The quantitative estimate of drug-likeness (QED) is 0.388. The lowest BCUT2D eigenvalue weighted by Crippen LogP contribution is -2.18. The molecule has 0 saturated carbocycles. The summed E-state index contributed by atoms with van der Waals surface area (Å²) in [5.74, 6) is 0.498. The molecule has 2 rings (SSSR count). The number of terminal acetylenes is 1. The van der Waals surface area contributed by atoms with E-state index < -0.39 is 0 Å². The first-order valence-electron chi connectivity index (χ1n) is 7.78. The van der Waals surface area contributed by atoms with Crippen molar-refractivity contribution in [1.29, 1.82) is 0 Å². The second-order valence-corrected chi connectivity index (χ2v) is 4.32. The van der Waals surface area contributed by atoms with E-state index in [2.05, 4.69) is 60.6 Å². The molecular weight excluding hydrogens is 282 g/mol. The number of hydrogen-bond donors (Lipinski definition) is 2. The Hall–Kier alpha value is -2.73. The standard InChI is InChI=1S/C16H19N3.C2H6.C2H2/c1-3-12-8-10-13(11-9-12)14-6-4-5-7-15(14)16(17)19-18-2;2*1-2/h4-11,18H,3H2,1-2H3,(H2,17,19);1-2H3;1-2H. The number of aryl methyl sites for hydroxylation is 1. The van der Waals surface area contributed by atoms with Gasteiger partial charge < -0.3 is 11.2 Å². The zero-order valence-electron chi connectivity index (χ0n) is 14.5. The Morgan fingerprint density at radius 1 is 1.04 bits per heavy atom. The lowest BCUT2D eigenvalue weighted by atomic mass is 9.98. The number of hydrogen-bond acceptors (Lipinski definition) is 2. The van der Waals surface area contributed by atoms with Crippen molar-refractivity contribution >= 4 is 5.84 Å². The van der Waals surface area contributed by atoms with Gasteiger partial charge in [-0.1, -0.05) is 69.3 Å². The molecule has 0 unspecified atom stereocenters. The third kappa shape index (κ3) is 5.88. The average Bonchev–Trinajstić information content (AvgIpc) is 2.65. The Labute approximate surface area is 140 Å².